The third kappa shape index (κ3) is 4.82. The lowest BCUT2D eigenvalue weighted by Gasteiger charge is -2.20. The number of halogens is 3. The number of hydrogen-bond acceptors (Lipinski definition) is 6. The second-order valence-corrected chi connectivity index (χ2v) is 6.97. The highest BCUT2D eigenvalue weighted by Crippen LogP contribution is 2.32. The number of nitrogens with zero attached hydrogens (tertiary/aromatic N) is 3. The van der Waals surface area contributed by atoms with E-state index in [-0.39, 0.29) is 5.13 Å². The molecule has 0 saturated carbocycles. The minimum atomic E-state index is -4.58. The van der Waals surface area contributed by atoms with Crippen molar-refractivity contribution in [3.05, 3.63) is 53.1 Å². The number of carbonyl (C=O) groups excluding carboxylic acids is 1. The molecule has 0 fully saturated rings. The molecule has 0 aliphatic carbocycles. The standard InChI is InChI=1S/C18H18F3N5O3S/c1-26-5-4-22-15(26)14(10-6-11(28-2)8-12(7-10)29-3)24-16(27)25-17-23-13(9-30-17)18(19,20)21/h4-9,14H,1-3H3,(H2,23,24,25,27). The van der Waals surface area contributed by atoms with Gasteiger partial charge >= 0.3 is 12.2 Å². The van der Waals surface area contributed by atoms with E-state index in [1.165, 1.54) is 14.2 Å². The summed E-state index contributed by atoms with van der Waals surface area (Å²) < 4.78 is 50.4. The highest BCUT2D eigenvalue weighted by molar-refractivity contribution is 7.13. The quantitative estimate of drug-likeness (QED) is 0.607. The van der Waals surface area contributed by atoms with Crippen LogP contribution in [-0.4, -0.2) is 34.8 Å². The van der Waals surface area contributed by atoms with Crippen molar-refractivity contribution < 1.29 is 27.4 Å². The van der Waals surface area contributed by atoms with Gasteiger partial charge in [-0.15, -0.1) is 11.3 Å². The molecule has 0 saturated heterocycles. The van der Waals surface area contributed by atoms with Crippen molar-refractivity contribution in [2.75, 3.05) is 19.5 Å². The van der Waals surface area contributed by atoms with E-state index in [9.17, 15) is 18.0 Å². The summed E-state index contributed by atoms with van der Waals surface area (Å²) in [6, 6.07) is 3.59. The van der Waals surface area contributed by atoms with Crippen LogP contribution in [0.15, 0.2) is 36.0 Å². The van der Waals surface area contributed by atoms with E-state index in [0.29, 0.717) is 34.2 Å². The number of carbonyl (C=O) groups is 1. The molecule has 2 amide bonds. The van der Waals surface area contributed by atoms with Gasteiger partial charge in [0.1, 0.15) is 23.4 Å². The van der Waals surface area contributed by atoms with Crippen molar-refractivity contribution in [2.24, 2.45) is 7.05 Å². The minimum absolute atomic E-state index is 0.179. The van der Waals surface area contributed by atoms with Gasteiger partial charge in [-0.1, -0.05) is 0 Å². The number of nitrogens with one attached hydrogen (secondary N) is 2. The predicted octanol–water partition coefficient (Wildman–Crippen LogP) is 3.82. The van der Waals surface area contributed by atoms with Crippen molar-refractivity contribution in [3.8, 4) is 11.5 Å². The number of amides is 2. The van der Waals surface area contributed by atoms with E-state index < -0.39 is 23.9 Å². The molecule has 30 heavy (non-hydrogen) atoms. The predicted molar refractivity (Wildman–Crippen MR) is 104 cm³/mol. The van der Waals surface area contributed by atoms with Gasteiger partial charge in [-0.3, -0.25) is 5.32 Å². The third-order valence-electron chi connectivity index (χ3n) is 4.11. The van der Waals surface area contributed by atoms with Gasteiger partial charge in [-0.05, 0) is 17.7 Å². The van der Waals surface area contributed by atoms with Crippen LogP contribution in [0.2, 0.25) is 0 Å². The molecule has 0 spiro atoms. The number of thiazole rings is 1. The number of rotatable bonds is 6. The molecule has 2 aromatic heterocycles. The lowest BCUT2D eigenvalue weighted by atomic mass is 10.1. The van der Waals surface area contributed by atoms with Crippen LogP contribution in [0.4, 0.5) is 23.1 Å². The highest BCUT2D eigenvalue weighted by Gasteiger charge is 2.34. The first-order valence-corrected chi connectivity index (χ1v) is 9.39. The van der Waals surface area contributed by atoms with Crippen LogP contribution >= 0.6 is 11.3 Å². The van der Waals surface area contributed by atoms with Crippen molar-refractivity contribution >= 4 is 22.5 Å². The van der Waals surface area contributed by atoms with Crippen molar-refractivity contribution in [3.63, 3.8) is 0 Å². The molecule has 2 N–H and O–H groups in total. The fourth-order valence-electron chi connectivity index (χ4n) is 2.67. The molecule has 160 valence electrons. The smallest absolute Gasteiger partial charge is 0.434 e. The molecule has 0 radical (unpaired) electrons. The summed E-state index contributed by atoms with van der Waals surface area (Å²) in [5.41, 5.74) is -0.466. The van der Waals surface area contributed by atoms with Crippen LogP contribution in [0.5, 0.6) is 11.5 Å². The number of anilines is 1. The van der Waals surface area contributed by atoms with Crippen LogP contribution in [0, 0.1) is 0 Å². The van der Waals surface area contributed by atoms with Gasteiger partial charge in [0, 0.05) is 30.9 Å². The largest absolute Gasteiger partial charge is 0.497 e. The van der Waals surface area contributed by atoms with E-state index in [1.54, 1.807) is 42.2 Å². The maximum Gasteiger partial charge on any atom is 0.434 e. The summed E-state index contributed by atoms with van der Waals surface area (Å²) in [5.74, 6) is 1.50. The third-order valence-corrected chi connectivity index (χ3v) is 4.87. The summed E-state index contributed by atoms with van der Waals surface area (Å²) in [6.45, 7) is 0. The normalized spacial score (nSPS) is 12.3. The van der Waals surface area contributed by atoms with Gasteiger partial charge in [0.2, 0.25) is 0 Å². The lowest BCUT2D eigenvalue weighted by Crippen LogP contribution is -2.34. The second kappa shape index (κ2) is 8.61. The summed E-state index contributed by atoms with van der Waals surface area (Å²) in [6.07, 6.45) is -1.31. The van der Waals surface area contributed by atoms with E-state index in [4.69, 9.17) is 9.47 Å². The van der Waals surface area contributed by atoms with E-state index in [2.05, 4.69) is 20.6 Å². The van der Waals surface area contributed by atoms with Gasteiger partial charge in [-0.2, -0.15) is 13.2 Å². The van der Waals surface area contributed by atoms with Crippen LogP contribution in [0.25, 0.3) is 0 Å². The Kier molecular flexibility index (Phi) is 6.15. The number of urea groups is 1. The molecule has 0 aliphatic rings. The summed E-state index contributed by atoms with van der Waals surface area (Å²) in [5, 5.41) is 5.70. The number of methoxy groups -OCH3 is 2. The maximum atomic E-state index is 12.7. The zero-order valence-corrected chi connectivity index (χ0v) is 17.0. The monoisotopic (exact) mass is 441 g/mol. The molecule has 3 aromatic rings. The Bertz CT molecular complexity index is 1010. The fraction of sp³-hybridized carbons (Fsp3) is 0.278. The van der Waals surface area contributed by atoms with E-state index >= 15 is 0 Å². The van der Waals surface area contributed by atoms with E-state index in [1.807, 2.05) is 0 Å². The summed E-state index contributed by atoms with van der Waals surface area (Å²) >= 11 is 0.677. The minimum Gasteiger partial charge on any atom is -0.497 e. The second-order valence-electron chi connectivity index (χ2n) is 6.11. The number of imidazole rings is 1. The average Bonchev–Trinajstić information content (AvgIpc) is 3.34. The van der Waals surface area contributed by atoms with Crippen LogP contribution in [-0.2, 0) is 13.2 Å². The SMILES string of the molecule is COc1cc(OC)cc(C(NC(=O)Nc2nc(C(F)(F)F)cs2)c2nccn2C)c1. The first-order chi connectivity index (χ1) is 14.2. The Morgan fingerprint density at radius 1 is 1.20 bits per heavy atom. The molecule has 1 aromatic carbocycles. The van der Waals surface area contributed by atoms with Crippen LogP contribution in [0.1, 0.15) is 23.1 Å². The molecule has 2 heterocycles. The Hall–Kier alpha value is -3.28. The fourth-order valence-corrected chi connectivity index (χ4v) is 3.39. The number of benzene rings is 1. The molecule has 0 bridgehead atoms. The zero-order valence-electron chi connectivity index (χ0n) is 16.1. The first kappa shape index (κ1) is 21.4. The number of alkyl halides is 3. The molecular formula is C18H18F3N5O3S. The summed E-state index contributed by atoms with van der Waals surface area (Å²) in [7, 11) is 4.74. The maximum absolute atomic E-state index is 12.7. The van der Waals surface area contributed by atoms with Crippen molar-refractivity contribution in [2.45, 2.75) is 12.2 Å². The number of aromatic nitrogens is 3. The molecule has 3 rings (SSSR count). The molecular weight excluding hydrogens is 423 g/mol. The zero-order chi connectivity index (χ0) is 21.9. The number of ether oxygens (including phenoxy) is 2. The Morgan fingerprint density at radius 3 is 2.37 bits per heavy atom. The Balaban J connectivity index is 1.88. The number of hydrogen-bond donors (Lipinski definition) is 2. The van der Waals surface area contributed by atoms with E-state index in [0.717, 1.165) is 5.38 Å². The molecule has 12 heteroatoms. The molecule has 0 aliphatic heterocycles. The van der Waals surface area contributed by atoms with Gasteiger partial charge in [0.05, 0.1) is 14.2 Å². The molecule has 1 unspecified atom stereocenters. The highest BCUT2D eigenvalue weighted by atomic mass is 32.1. The average molecular weight is 441 g/mol. The topological polar surface area (TPSA) is 90.3 Å². The van der Waals surface area contributed by atoms with Gasteiger partial charge < -0.3 is 19.4 Å². The van der Waals surface area contributed by atoms with Gasteiger partial charge in [0.25, 0.3) is 0 Å². The van der Waals surface area contributed by atoms with Crippen molar-refractivity contribution in [1.29, 1.82) is 0 Å². The number of aryl methyl sites for hydroxylation is 1. The van der Waals surface area contributed by atoms with Crippen LogP contribution in [0.3, 0.4) is 0 Å². The van der Waals surface area contributed by atoms with Crippen molar-refractivity contribution in [1.82, 2.24) is 19.9 Å². The lowest BCUT2D eigenvalue weighted by molar-refractivity contribution is -0.140. The summed E-state index contributed by atoms with van der Waals surface area (Å²) in [4.78, 5) is 20.2. The van der Waals surface area contributed by atoms with Gasteiger partial charge in [-0.25, -0.2) is 14.8 Å². The first-order valence-electron chi connectivity index (χ1n) is 8.51. The Morgan fingerprint density at radius 2 is 1.87 bits per heavy atom. The Labute approximate surface area is 173 Å². The van der Waals surface area contributed by atoms with Crippen LogP contribution < -0.4 is 20.1 Å². The van der Waals surface area contributed by atoms with Gasteiger partial charge in [0.15, 0.2) is 10.8 Å². The molecule has 8 nitrogen and oxygen atoms in total. The molecule has 1 atom stereocenters.